The molecule has 1 saturated heterocycles. The minimum Gasteiger partial charge on any atom is -0.369 e. The van der Waals surface area contributed by atoms with E-state index in [2.05, 4.69) is 42.0 Å². The lowest BCUT2D eigenvalue weighted by Gasteiger charge is -2.36. The molecule has 0 spiro atoms. The van der Waals surface area contributed by atoms with Crippen LogP contribution >= 0.6 is 0 Å². The van der Waals surface area contributed by atoms with Gasteiger partial charge in [0.15, 0.2) is 0 Å². The average Bonchev–Trinajstić information content (AvgIpc) is 2.29. The van der Waals surface area contributed by atoms with Gasteiger partial charge in [0.05, 0.1) is 11.9 Å². The van der Waals surface area contributed by atoms with Gasteiger partial charge in [-0.15, -0.1) is 0 Å². The summed E-state index contributed by atoms with van der Waals surface area (Å²) in [6, 6.07) is 3.27. The first kappa shape index (κ1) is 12.4. The number of aromatic nitrogens is 1. The normalized spacial score (nSPS) is 20.9. The first-order chi connectivity index (χ1) is 8.16. The second-order valence-electron chi connectivity index (χ2n) is 5.27. The number of aryl methyl sites for hydroxylation is 1. The first-order valence-corrected chi connectivity index (χ1v) is 6.58. The second kappa shape index (κ2) is 5.50. The predicted octanol–water partition coefficient (Wildman–Crippen LogP) is 2.36. The largest absolute Gasteiger partial charge is 0.369 e. The average molecular weight is 233 g/mol. The van der Waals surface area contributed by atoms with Crippen molar-refractivity contribution in [2.75, 3.05) is 18.0 Å². The Morgan fingerprint density at radius 2 is 2.29 bits per heavy atom. The molecule has 2 heterocycles. The van der Waals surface area contributed by atoms with Crippen molar-refractivity contribution in [1.82, 2.24) is 10.3 Å². The summed E-state index contributed by atoms with van der Waals surface area (Å²) in [7, 11) is 0. The van der Waals surface area contributed by atoms with E-state index in [-0.39, 0.29) is 0 Å². The van der Waals surface area contributed by atoms with Crippen LogP contribution in [0.25, 0.3) is 0 Å². The van der Waals surface area contributed by atoms with Crippen molar-refractivity contribution >= 4 is 5.69 Å². The second-order valence-corrected chi connectivity index (χ2v) is 5.27. The summed E-state index contributed by atoms with van der Waals surface area (Å²) in [4.78, 5) is 6.71. The Balaban J connectivity index is 2.04. The van der Waals surface area contributed by atoms with Crippen LogP contribution in [0.4, 0.5) is 5.69 Å². The molecule has 1 N–H and O–H groups in total. The molecule has 1 atom stereocenters. The quantitative estimate of drug-likeness (QED) is 0.868. The summed E-state index contributed by atoms with van der Waals surface area (Å²) in [5, 5.41) is 3.64. The molecule has 2 rings (SSSR count). The van der Waals surface area contributed by atoms with E-state index >= 15 is 0 Å². The van der Waals surface area contributed by atoms with E-state index in [0.29, 0.717) is 12.1 Å². The Hall–Kier alpha value is -1.09. The molecule has 0 bridgehead atoms. The first-order valence-electron chi connectivity index (χ1n) is 6.58. The number of anilines is 1. The molecule has 3 nitrogen and oxygen atoms in total. The van der Waals surface area contributed by atoms with Crippen molar-refractivity contribution in [3.63, 3.8) is 0 Å². The molecular weight excluding hydrogens is 210 g/mol. The van der Waals surface area contributed by atoms with Crippen LogP contribution in [0.2, 0.25) is 0 Å². The Morgan fingerprint density at radius 3 is 3.00 bits per heavy atom. The maximum absolute atomic E-state index is 4.24. The van der Waals surface area contributed by atoms with Crippen LogP contribution in [0.1, 0.15) is 32.3 Å². The van der Waals surface area contributed by atoms with Gasteiger partial charge in [0.2, 0.25) is 0 Å². The van der Waals surface area contributed by atoms with E-state index in [1.54, 1.807) is 0 Å². The molecule has 0 saturated carbocycles. The van der Waals surface area contributed by atoms with Gasteiger partial charge >= 0.3 is 0 Å². The van der Waals surface area contributed by atoms with Crippen LogP contribution in [0.3, 0.4) is 0 Å². The van der Waals surface area contributed by atoms with Crippen LogP contribution in [-0.2, 0) is 0 Å². The molecular formula is C14H23N3. The number of rotatable bonds is 3. The Bertz CT molecular complexity index is 362. The lowest BCUT2D eigenvalue weighted by Crippen LogP contribution is -2.48. The van der Waals surface area contributed by atoms with Crippen molar-refractivity contribution in [3.05, 3.63) is 24.0 Å². The molecule has 1 fully saturated rings. The van der Waals surface area contributed by atoms with Gasteiger partial charge in [-0.1, -0.05) is 13.8 Å². The third-order valence-corrected chi connectivity index (χ3v) is 3.34. The van der Waals surface area contributed by atoms with Crippen molar-refractivity contribution in [2.45, 2.75) is 45.7 Å². The molecule has 1 unspecified atom stereocenters. The third-order valence-electron chi connectivity index (χ3n) is 3.34. The minimum absolute atomic E-state index is 0.565. The number of nitrogens with one attached hydrogen (secondary N) is 1. The van der Waals surface area contributed by atoms with Crippen LogP contribution < -0.4 is 10.2 Å². The molecule has 1 aromatic heterocycles. The molecule has 1 aromatic rings. The van der Waals surface area contributed by atoms with Gasteiger partial charge in [0, 0.05) is 31.4 Å². The molecule has 1 aliphatic heterocycles. The number of piperidine rings is 1. The standard InChI is InChI=1S/C14H23N3/c1-11(2)16-13-5-4-8-17(10-13)14-9-15-7-6-12(14)3/h6-7,9,11,13,16H,4-5,8,10H2,1-3H3. The number of nitrogens with zero attached hydrogens (tertiary/aromatic N) is 2. The maximum Gasteiger partial charge on any atom is 0.0582 e. The van der Waals surface area contributed by atoms with E-state index in [0.717, 1.165) is 13.1 Å². The number of pyridine rings is 1. The summed E-state index contributed by atoms with van der Waals surface area (Å²) < 4.78 is 0. The predicted molar refractivity (Wildman–Crippen MR) is 72.5 cm³/mol. The van der Waals surface area contributed by atoms with E-state index in [4.69, 9.17) is 0 Å². The van der Waals surface area contributed by atoms with Gasteiger partial charge in [-0.2, -0.15) is 0 Å². The number of hydrogen-bond acceptors (Lipinski definition) is 3. The summed E-state index contributed by atoms with van der Waals surface area (Å²) >= 11 is 0. The molecule has 17 heavy (non-hydrogen) atoms. The van der Waals surface area contributed by atoms with Crippen molar-refractivity contribution < 1.29 is 0 Å². The SMILES string of the molecule is Cc1ccncc1N1CCCC(NC(C)C)C1. The van der Waals surface area contributed by atoms with Gasteiger partial charge in [0.1, 0.15) is 0 Å². The van der Waals surface area contributed by atoms with Gasteiger partial charge in [-0.3, -0.25) is 4.98 Å². The number of hydrogen-bond donors (Lipinski definition) is 1. The third kappa shape index (κ3) is 3.19. The van der Waals surface area contributed by atoms with E-state index in [9.17, 15) is 0 Å². The summed E-state index contributed by atoms with van der Waals surface area (Å²) in [6.45, 7) is 8.85. The Morgan fingerprint density at radius 1 is 1.47 bits per heavy atom. The van der Waals surface area contributed by atoms with E-state index in [1.807, 2.05) is 12.4 Å². The van der Waals surface area contributed by atoms with Gasteiger partial charge in [-0.25, -0.2) is 0 Å². The molecule has 3 heteroatoms. The van der Waals surface area contributed by atoms with E-state index < -0.39 is 0 Å². The zero-order valence-corrected chi connectivity index (χ0v) is 11.1. The van der Waals surface area contributed by atoms with Crippen molar-refractivity contribution in [2.24, 2.45) is 0 Å². The smallest absolute Gasteiger partial charge is 0.0582 e. The fourth-order valence-electron chi connectivity index (χ4n) is 2.59. The minimum atomic E-state index is 0.565. The fraction of sp³-hybridized carbons (Fsp3) is 0.643. The van der Waals surface area contributed by atoms with Gasteiger partial charge in [0.25, 0.3) is 0 Å². The Kier molecular flexibility index (Phi) is 4.00. The highest BCUT2D eigenvalue weighted by atomic mass is 15.2. The molecule has 0 amide bonds. The lowest BCUT2D eigenvalue weighted by atomic mass is 10.0. The highest BCUT2D eigenvalue weighted by Gasteiger charge is 2.21. The fourth-order valence-corrected chi connectivity index (χ4v) is 2.59. The topological polar surface area (TPSA) is 28.2 Å². The van der Waals surface area contributed by atoms with Crippen LogP contribution in [0.5, 0.6) is 0 Å². The molecule has 1 aliphatic rings. The van der Waals surface area contributed by atoms with Crippen molar-refractivity contribution in [1.29, 1.82) is 0 Å². The summed E-state index contributed by atoms with van der Waals surface area (Å²) in [5.74, 6) is 0. The van der Waals surface area contributed by atoms with Gasteiger partial charge in [-0.05, 0) is 31.4 Å². The van der Waals surface area contributed by atoms with Crippen LogP contribution in [0, 0.1) is 6.92 Å². The zero-order chi connectivity index (χ0) is 12.3. The molecule has 0 aromatic carbocycles. The van der Waals surface area contributed by atoms with E-state index in [1.165, 1.54) is 24.1 Å². The van der Waals surface area contributed by atoms with Crippen LogP contribution in [-0.4, -0.2) is 30.2 Å². The van der Waals surface area contributed by atoms with Gasteiger partial charge < -0.3 is 10.2 Å². The highest BCUT2D eigenvalue weighted by molar-refractivity contribution is 5.51. The zero-order valence-electron chi connectivity index (χ0n) is 11.1. The molecule has 0 aliphatic carbocycles. The highest BCUT2D eigenvalue weighted by Crippen LogP contribution is 2.22. The monoisotopic (exact) mass is 233 g/mol. The van der Waals surface area contributed by atoms with Crippen LogP contribution in [0.15, 0.2) is 18.5 Å². The Labute approximate surface area is 104 Å². The molecule has 0 radical (unpaired) electrons. The molecule has 94 valence electrons. The van der Waals surface area contributed by atoms with Crippen molar-refractivity contribution in [3.8, 4) is 0 Å². The lowest BCUT2D eigenvalue weighted by molar-refractivity contribution is 0.394. The maximum atomic E-state index is 4.24. The summed E-state index contributed by atoms with van der Waals surface area (Å²) in [5.41, 5.74) is 2.62. The summed E-state index contributed by atoms with van der Waals surface area (Å²) in [6.07, 6.45) is 6.41.